The lowest BCUT2D eigenvalue weighted by atomic mass is 9.91. The van der Waals surface area contributed by atoms with Gasteiger partial charge in [0.05, 0.1) is 0 Å². The average molecular weight is 406 g/mol. The van der Waals surface area contributed by atoms with Crippen LogP contribution in [-0.4, -0.2) is 28.9 Å². The van der Waals surface area contributed by atoms with Gasteiger partial charge in [0.15, 0.2) is 6.10 Å². The van der Waals surface area contributed by atoms with Crippen LogP contribution >= 0.6 is 0 Å². The van der Waals surface area contributed by atoms with Crippen LogP contribution in [0.3, 0.4) is 0 Å². The van der Waals surface area contributed by atoms with Crippen LogP contribution in [0.4, 0.5) is 0 Å². The molecule has 3 aromatic rings. The maximum Gasteiger partial charge on any atom is 0.339 e. The van der Waals surface area contributed by atoms with E-state index in [-0.39, 0.29) is 11.5 Å². The maximum atomic E-state index is 12.8. The second-order valence-electron chi connectivity index (χ2n) is 7.97. The topological polar surface area (TPSA) is 72.6 Å². The zero-order valence-electron chi connectivity index (χ0n) is 17.6. The first-order valence-electron chi connectivity index (χ1n) is 10.3. The van der Waals surface area contributed by atoms with Gasteiger partial charge in [-0.05, 0) is 74.9 Å². The molecule has 4 rings (SSSR count). The molecule has 1 aromatic carbocycles. The number of ether oxygens (including phenoxy) is 1. The third kappa shape index (κ3) is 4.08. The zero-order valence-corrected chi connectivity index (χ0v) is 17.6. The number of fused-ring (bicyclic) bond motifs is 3. The Morgan fingerprint density at radius 2 is 1.97 bits per heavy atom. The first-order chi connectivity index (χ1) is 14.4. The van der Waals surface area contributed by atoms with E-state index in [1.165, 1.54) is 0 Å². The predicted molar refractivity (Wildman–Crippen MR) is 115 cm³/mol. The fourth-order valence-electron chi connectivity index (χ4n) is 4.12. The fraction of sp³-hybridized carbons (Fsp3) is 0.375. The molecule has 1 unspecified atom stereocenters. The molecular weight excluding hydrogens is 380 g/mol. The van der Waals surface area contributed by atoms with E-state index in [9.17, 15) is 9.59 Å². The number of carbonyl (C=O) groups excluding carboxylic acids is 1. The van der Waals surface area contributed by atoms with Gasteiger partial charge < -0.3 is 14.1 Å². The largest absolute Gasteiger partial charge is 0.481 e. The standard InChI is InChI=1S/C24H26N2O4/c1-15-12-17(10-11-25-15)14-26(3)23(27)16(2)29-18-8-9-20-19-6-4-5-7-21(19)24(28)30-22(20)13-18/h8-13,16H,4-7,14H2,1-3H3. The number of carbonyl (C=O) groups is 1. The summed E-state index contributed by atoms with van der Waals surface area (Å²) in [6.45, 7) is 4.13. The van der Waals surface area contributed by atoms with E-state index in [0.29, 0.717) is 17.9 Å². The molecular formula is C24H26N2O4. The van der Waals surface area contributed by atoms with Gasteiger partial charge in [-0.1, -0.05) is 0 Å². The smallest absolute Gasteiger partial charge is 0.339 e. The van der Waals surface area contributed by atoms with Gasteiger partial charge >= 0.3 is 5.63 Å². The summed E-state index contributed by atoms with van der Waals surface area (Å²) in [4.78, 5) is 30.9. The number of amides is 1. The van der Waals surface area contributed by atoms with E-state index >= 15 is 0 Å². The molecule has 1 atom stereocenters. The van der Waals surface area contributed by atoms with Crippen LogP contribution in [0.25, 0.3) is 11.0 Å². The number of rotatable bonds is 5. The van der Waals surface area contributed by atoms with Crippen LogP contribution < -0.4 is 10.4 Å². The van der Waals surface area contributed by atoms with E-state index in [1.807, 2.05) is 31.2 Å². The number of likely N-dealkylation sites (N-methyl/N-ethyl adjacent to an activating group) is 1. The average Bonchev–Trinajstić information content (AvgIpc) is 2.73. The van der Waals surface area contributed by atoms with Crippen molar-refractivity contribution in [1.29, 1.82) is 0 Å². The van der Waals surface area contributed by atoms with E-state index in [0.717, 1.165) is 53.5 Å². The van der Waals surface area contributed by atoms with Crippen molar-refractivity contribution < 1.29 is 13.9 Å². The molecule has 30 heavy (non-hydrogen) atoms. The molecule has 0 N–H and O–H groups in total. The van der Waals surface area contributed by atoms with Gasteiger partial charge in [-0.25, -0.2) is 4.79 Å². The number of hydrogen-bond donors (Lipinski definition) is 0. The highest BCUT2D eigenvalue weighted by atomic mass is 16.5. The molecule has 0 radical (unpaired) electrons. The summed E-state index contributed by atoms with van der Waals surface area (Å²) >= 11 is 0. The minimum Gasteiger partial charge on any atom is -0.481 e. The summed E-state index contributed by atoms with van der Waals surface area (Å²) in [5.74, 6) is 0.381. The number of nitrogens with zero attached hydrogens (tertiary/aromatic N) is 2. The fourth-order valence-corrected chi connectivity index (χ4v) is 4.12. The Morgan fingerprint density at radius 1 is 1.20 bits per heavy atom. The molecule has 0 spiro atoms. The second kappa shape index (κ2) is 8.30. The Hall–Kier alpha value is -3.15. The number of pyridine rings is 1. The monoisotopic (exact) mass is 406 g/mol. The highest BCUT2D eigenvalue weighted by Gasteiger charge is 2.21. The zero-order chi connectivity index (χ0) is 21.3. The molecule has 1 aliphatic rings. The Kier molecular flexibility index (Phi) is 5.57. The molecule has 6 nitrogen and oxygen atoms in total. The van der Waals surface area contributed by atoms with Crippen LogP contribution in [0.15, 0.2) is 45.7 Å². The van der Waals surface area contributed by atoms with Gasteiger partial charge in [0.2, 0.25) is 0 Å². The molecule has 0 saturated carbocycles. The SMILES string of the molecule is Cc1cc(CN(C)C(=O)C(C)Oc2ccc3c4c(c(=O)oc3c2)CCCC4)ccn1. The van der Waals surface area contributed by atoms with Crippen LogP contribution in [0.5, 0.6) is 5.75 Å². The number of hydrogen-bond acceptors (Lipinski definition) is 5. The first kappa shape index (κ1) is 20.1. The lowest BCUT2D eigenvalue weighted by Gasteiger charge is -2.22. The van der Waals surface area contributed by atoms with E-state index in [4.69, 9.17) is 9.15 Å². The van der Waals surface area contributed by atoms with Gasteiger partial charge in [-0.2, -0.15) is 0 Å². The molecule has 0 fully saturated rings. The van der Waals surface area contributed by atoms with Crippen molar-refractivity contribution in [3.63, 3.8) is 0 Å². The summed E-state index contributed by atoms with van der Waals surface area (Å²) < 4.78 is 11.4. The minimum atomic E-state index is -0.667. The normalized spacial score (nSPS) is 14.2. The van der Waals surface area contributed by atoms with Crippen molar-refractivity contribution in [3.05, 3.63) is 69.3 Å². The van der Waals surface area contributed by atoms with Crippen molar-refractivity contribution >= 4 is 16.9 Å². The molecule has 1 aliphatic carbocycles. The third-order valence-corrected chi connectivity index (χ3v) is 5.61. The van der Waals surface area contributed by atoms with Gasteiger partial charge in [0, 0.05) is 42.5 Å². The van der Waals surface area contributed by atoms with Crippen molar-refractivity contribution in [2.45, 2.75) is 52.2 Å². The lowest BCUT2D eigenvalue weighted by Crippen LogP contribution is -2.37. The van der Waals surface area contributed by atoms with Crippen molar-refractivity contribution in [2.24, 2.45) is 0 Å². The van der Waals surface area contributed by atoms with Crippen molar-refractivity contribution in [1.82, 2.24) is 9.88 Å². The predicted octanol–water partition coefficient (Wildman–Crippen LogP) is 3.80. The quantitative estimate of drug-likeness (QED) is 0.603. The van der Waals surface area contributed by atoms with Crippen LogP contribution in [0.2, 0.25) is 0 Å². The Morgan fingerprint density at radius 3 is 2.73 bits per heavy atom. The molecule has 2 heterocycles. The Labute approximate surface area is 175 Å². The first-order valence-corrected chi connectivity index (χ1v) is 10.3. The van der Waals surface area contributed by atoms with Crippen LogP contribution in [-0.2, 0) is 24.2 Å². The molecule has 156 valence electrons. The van der Waals surface area contributed by atoms with Gasteiger partial charge in [0.25, 0.3) is 5.91 Å². The number of aromatic nitrogens is 1. The van der Waals surface area contributed by atoms with Crippen molar-refractivity contribution in [2.75, 3.05) is 7.05 Å². The molecule has 2 aromatic heterocycles. The second-order valence-corrected chi connectivity index (χ2v) is 7.97. The molecule has 1 amide bonds. The van der Waals surface area contributed by atoms with Crippen molar-refractivity contribution in [3.8, 4) is 5.75 Å². The summed E-state index contributed by atoms with van der Waals surface area (Å²) in [6.07, 6.45) is 4.85. The van der Waals surface area contributed by atoms with E-state index in [1.54, 1.807) is 31.1 Å². The highest BCUT2D eigenvalue weighted by Crippen LogP contribution is 2.29. The van der Waals surface area contributed by atoms with Crippen LogP contribution in [0, 0.1) is 6.92 Å². The van der Waals surface area contributed by atoms with E-state index in [2.05, 4.69) is 4.98 Å². The maximum absolute atomic E-state index is 12.8. The highest BCUT2D eigenvalue weighted by molar-refractivity contribution is 5.83. The number of aryl methyl sites for hydroxylation is 2. The molecule has 0 aliphatic heterocycles. The van der Waals surface area contributed by atoms with Gasteiger partial charge in [-0.3, -0.25) is 9.78 Å². The minimum absolute atomic E-state index is 0.128. The molecule has 6 heteroatoms. The Bertz CT molecular complexity index is 1150. The lowest BCUT2D eigenvalue weighted by molar-refractivity contribution is -0.137. The summed E-state index contributed by atoms with van der Waals surface area (Å²) in [5, 5.41) is 0.959. The van der Waals surface area contributed by atoms with Crippen LogP contribution in [0.1, 0.15) is 42.1 Å². The molecule has 0 saturated heterocycles. The van der Waals surface area contributed by atoms with E-state index < -0.39 is 6.10 Å². The molecule has 0 bridgehead atoms. The number of benzene rings is 1. The summed E-state index contributed by atoms with van der Waals surface area (Å²) in [6, 6.07) is 9.34. The van der Waals surface area contributed by atoms with Gasteiger partial charge in [-0.15, -0.1) is 0 Å². The van der Waals surface area contributed by atoms with Gasteiger partial charge in [0.1, 0.15) is 11.3 Å². The third-order valence-electron chi connectivity index (χ3n) is 5.61. The Balaban J connectivity index is 1.50. The summed E-state index contributed by atoms with van der Waals surface area (Å²) in [7, 11) is 1.75. The summed E-state index contributed by atoms with van der Waals surface area (Å²) in [5.41, 5.74) is 4.08.